The van der Waals surface area contributed by atoms with Crippen molar-refractivity contribution in [3.63, 3.8) is 0 Å². The van der Waals surface area contributed by atoms with Crippen LogP contribution in [0.4, 0.5) is 4.39 Å². The van der Waals surface area contributed by atoms with Crippen molar-refractivity contribution in [2.45, 2.75) is 82.8 Å². The lowest BCUT2D eigenvalue weighted by molar-refractivity contribution is -0.354. The van der Waals surface area contributed by atoms with Gasteiger partial charge in [-0.05, 0) is 6.42 Å². The first-order chi connectivity index (χ1) is 11.4. The zero-order chi connectivity index (χ0) is 18.2. The summed E-state index contributed by atoms with van der Waals surface area (Å²) in [5.74, 6) is -3.31. The average Bonchev–Trinajstić information content (AvgIpc) is 2.55. The summed E-state index contributed by atoms with van der Waals surface area (Å²) < 4.78 is 24.8. The number of nitrogens with one attached hydrogen (secondary N) is 1. The second-order valence-corrected chi connectivity index (χ2v) is 6.23. The van der Waals surface area contributed by atoms with Gasteiger partial charge < -0.3 is 30.1 Å². The molecule has 0 bridgehead atoms. The van der Waals surface area contributed by atoms with Crippen LogP contribution in [0.3, 0.4) is 0 Å². The molecule has 1 heterocycles. The Hall–Kier alpha value is -0.800. The standard InChI is InChI=1S/C16H30FNO6/c1-3-4-5-6-7-8-9-23-15-12(18-11(2)20)13(21)14(22)16(17,10-19)24-15/h12-15,19,21-22H,3-10H2,1-2H3,(H,18,20)/t12-,13-,14+,15-,16-/m1/s1. The van der Waals surface area contributed by atoms with Gasteiger partial charge in [-0.25, -0.2) is 4.39 Å². The summed E-state index contributed by atoms with van der Waals surface area (Å²) in [5.41, 5.74) is 0. The van der Waals surface area contributed by atoms with Gasteiger partial charge in [0, 0.05) is 13.5 Å². The molecule has 0 aromatic rings. The first-order valence-corrected chi connectivity index (χ1v) is 8.58. The maximum atomic E-state index is 14.3. The van der Waals surface area contributed by atoms with Crippen LogP contribution >= 0.6 is 0 Å². The zero-order valence-electron chi connectivity index (χ0n) is 14.4. The van der Waals surface area contributed by atoms with E-state index in [9.17, 15) is 19.4 Å². The lowest BCUT2D eigenvalue weighted by Crippen LogP contribution is -2.68. The summed E-state index contributed by atoms with van der Waals surface area (Å²) in [4.78, 5) is 11.3. The van der Waals surface area contributed by atoms with Crippen LogP contribution in [0.15, 0.2) is 0 Å². The topological polar surface area (TPSA) is 108 Å². The molecule has 5 atom stereocenters. The minimum atomic E-state index is -2.83. The van der Waals surface area contributed by atoms with E-state index in [0.717, 1.165) is 32.1 Å². The molecule has 0 aliphatic carbocycles. The SMILES string of the molecule is CCCCCCCCO[C@@H]1O[C@](F)(CO)[C@@H](O)[C@H](O)[C@H]1NC(C)=O. The third kappa shape index (κ3) is 5.93. The van der Waals surface area contributed by atoms with E-state index in [-0.39, 0.29) is 6.61 Å². The molecule has 1 aliphatic heterocycles. The van der Waals surface area contributed by atoms with Gasteiger partial charge in [0.2, 0.25) is 5.91 Å². The Morgan fingerprint density at radius 2 is 1.88 bits per heavy atom. The highest BCUT2D eigenvalue weighted by molar-refractivity contribution is 5.73. The summed E-state index contributed by atoms with van der Waals surface area (Å²) >= 11 is 0. The zero-order valence-corrected chi connectivity index (χ0v) is 14.4. The molecule has 0 aromatic heterocycles. The van der Waals surface area contributed by atoms with Crippen LogP contribution in [0.2, 0.25) is 0 Å². The van der Waals surface area contributed by atoms with Crippen LogP contribution in [-0.4, -0.2) is 64.8 Å². The summed E-state index contributed by atoms with van der Waals surface area (Å²) in [6, 6.07) is -1.12. The Kier molecular flexibility index (Phi) is 9.07. The van der Waals surface area contributed by atoms with E-state index in [1.165, 1.54) is 13.3 Å². The van der Waals surface area contributed by atoms with E-state index in [0.29, 0.717) is 0 Å². The molecule has 0 aromatic carbocycles. The minimum absolute atomic E-state index is 0.261. The second kappa shape index (κ2) is 10.2. The fourth-order valence-electron chi connectivity index (χ4n) is 2.69. The number of halogens is 1. The summed E-state index contributed by atoms with van der Waals surface area (Å²) in [5, 5.41) is 31.3. The number of hydrogen-bond acceptors (Lipinski definition) is 6. The number of hydrogen-bond donors (Lipinski definition) is 4. The number of alkyl halides is 1. The Labute approximate surface area is 142 Å². The maximum absolute atomic E-state index is 14.3. The van der Waals surface area contributed by atoms with E-state index in [1.807, 2.05) is 0 Å². The molecule has 7 nitrogen and oxygen atoms in total. The number of rotatable bonds is 10. The monoisotopic (exact) mass is 351 g/mol. The van der Waals surface area contributed by atoms with E-state index < -0.39 is 42.9 Å². The number of aliphatic hydroxyl groups is 3. The summed E-state index contributed by atoms with van der Waals surface area (Å²) in [7, 11) is 0. The van der Waals surface area contributed by atoms with E-state index in [1.54, 1.807) is 0 Å². The highest BCUT2D eigenvalue weighted by Crippen LogP contribution is 2.31. The van der Waals surface area contributed by atoms with Gasteiger partial charge in [-0.3, -0.25) is 4.79 Å². The Bertz CT molecular complexity index is 386. The highest BCUT2D eigenvalue weighted by Gasteiger charge is 2.55. The van der Waals surface area contributed by atoms with Crippen molar-refractivity contribution in [3.05, 3.63) is 0 Å². The third-order valence-electron chi connectivity index (χ3n) is 4.10. The Morgan fingerprint density at radius 3 is 2.46 bits per heavy atom. The van der Waals surface area contributed by atoms with Gasteiger partial charge >= 0.3 is 0 Å². The number of ether oxygens (including phenoxy) is 2. The molecule has 0 radical (unpaired) electrons. The van der Waals surface area contributed by atoms with Crippen molar-refractivity contribution in [1.29, 1.82) is 0 Å². The fraction of sp³-hybridized carbons (Fsp3) is 0.938. The lowest BCUT2D eigenvalue weighted by atomic mass is 9.95. The number of amides is 1. The number of carbonyl (C=O) groups excluding carboxylic acids is 1. The van der Waals surface area contributed by atoms with Gasteiger partial charge in [0.1, 0.15) is 24.9 Å². The molecule has 0 saturated carbocycles. The molecular weight excluding hydrogens is 321 g/mol. The van der Waals surface area contributed by atoms with Gasteiger partial charge in [-0.1, -0.05) is 39.0 Å². The average molecular weight is 351 g/mol. The Morgan fingerprint density at radius 1 is 1.25 bits per heavy atom. The van der Waals surface area contributed by atoms with Crippen LogP contribution in [0, 0.1) is 0 Å². The molecule has 1 aliphatic rings. The van der Waals surface area contributed by atoms with Crippen LogP contribution in [0.25, 0.3) is 0 Å². The summed E-state index contributed by atoms with van der Waals surface area (Å²) in [6.45, 7) is 2.50. The predicted octanol–water partition coefficient (Wildman–Crippen LogP) is 0.604. The smallest absolute Gasteiger partial charge is 0.263 e. The van der Waals surface area contributed by atoms with Crippen molar-refractivity contribution in [1.82, 2.24) is 5.32 Å². The molecule has 142 valence electrons. The van der Waals surface area contributed by atoms with Crippen molar-refractivity contribution in [3.8, 4) is 0 Å². The maximum Gasteiger partial charge on any atom is 0.263 e. The van der Waals surface area contributed by atoms with E-state index in [2.05, 4.69) is 12.2 Å². The number of unbranched alkanes of at least 4 members (excludes halogenated alkanes) is 5. The first-order valence-electron chi connectivity index (χ1n) is 8.58. The minimum Gasteiger partial charge on any atom is -0.390 e. The molecule has 8 heteroatoms. The van der Waals surface area contributed by atoms with E-state index >= 15 is 0 Å². The molecule has 1 amide bonds. The summed E-state index contributed by atoms with van der Waals surface area (Å²) in [6.07, 6.45) is 1.29. The quantitative estimate of drug-likeness (QED) is 0.429. The highest BCUT2D eigenvalue weighted by atomic mass is 19.2. The Balaban J connectivity index is 2.56. The number of carbonyl (C=O) groups is 1. The normalized spacial score (nSPS) is 33.4. The first kappa shape index (κ1) is 21.2. The second-order valence-electron chi connectivity index (χ2n) is 6.23. The van der Waals surface area contributed by atoms with Gasteiger partial charge in [0.05, 0.1) is 0 Å². The molecule has 1 rings (SSSR count). The van der Waals surface area contributed by atoms with Crippen LogP contribution in [-0.2, 0) is 14.3 Å². The molecule has 1 saturated heterocycles. The molecule has 0 spiro atoms. The van der Waals surface area contributed by atoms with Crippen LogP contribution in [0.5, 0.6) is 0 Å². The van der Waals surface area contributed by atoms with Crippen molar-refractivity contribution in [2.24, 2.45) is 0 Å². The predicted molar refractivity (Wildman–Crippen MR) is 84.7 cm³/mol. The largest absolute Gasteiger partial charge is 0.390 e. The van der Waals surface area contributed by atoms with Crippen LogP contribution < -0.4 is 5.32 Å². The number of aliphatic hydroxyl groups excluding tert-OH is 3. The molecule has 4 N–H and O–H groups in total. The van der Waals surface area contributed by atoms with Gasteiger partial charge in [0.25, 0.3) is 5.85 Å². The van der Waals surface area contributed by atoms with Crippen LogP contribution in [0.1, 0.15) is 52.4 Å². The lowest BCUT2D eigenvalue weighted by Gasteiger charge is -2.45. The van der Waals surface area contributed by atoms with E-state index in [4.69, 9.17) is 14.6 Å². The van der Waals surface area contributed by atoms with Gasteiger partial charge in [-0.15, -0.1) is 0 Å². The van der Waals surface area contributed by atoms with Crippen molar-refractivity contribution >= 4 is 5.91 Å². The van der Waals surface area contributed by atoms with Crippen molar-refractivity contribution < 1.29 is 34.0 Å². The molecule has 0 unspecified atom stereocenters. The molecule has 1 fully saturated rings. The molecular formula is C16H30FNO6. The fourth-order valence-corrected chi connectivity index (χ4v) is 2.69. The molecule has 24 heavy (non-hydrogen) atoms. The van der Waals surface area contributed by atoms with Gasteiger partial charge in [-0.2, -0.15) is 0 Å². The van der Waals surface area contributed by atoms with Gasteiger partial charge in [0.15, 0.2) is 6.29 Å². The third-order valence-corrected chi connectivity index (χ3v) is 4.10. The van der Waals surface area contributed by atoms with Crippen molar-refractivity contribution in [2.75, 3.05) is 13.2 Å².